The Bertz CT molecular complexity index is 653. The van der Waals surface area contributed by atoms with E-state index in [2.05, 4.69) is 0 Å². The molecule has 0 heterocycles. The molecule has 104 valence electrons. The standard InChI is InChI=1S/C16H14ClFO2/c1-10-3-6-13(16(7-10)20-2)15(19)8-11-4-5-12(18)9-14(11)17/h3-7,9H,8H2,1-2H3. The van der Waals surface area contributed by atoms with Gasteiger partial charge in [-0.1, -0.05) is 23.7 Å². The van der Waals surface area contributed by atoms with E-state index >= 15 is 0 Å². The molecule has 0 saturated heterocycles. The molecule has 2 aromatic carbocycles. The molecule has 0 aliphatic rings. The number of ketones is 1. The van der Waals surface area contributed by atoms with Gasteiger partial charge in [0, 0.05) is 11.4 Å². The average Bonchev–Trinajstić information content (AvgIpc) is 2.41. The second kappa shape index (κ2) is 6.06. The van der Waals surface area contributed by atoms with E-state index in [0.29, 0.717) is 16.9 Å². The minimum Gasteiger partial charge on any atom is -0.496 e. The van der Waals surface area contributed by atoms with Crippen LogP contribution in [0.25, 0.3) is 0 Å². The number of ether oxygens (including phenoxy) is 1. The quantitative estimate of drug-likeness (QED) is 0.789. The molecule has 0 spiro atoms. The van der Waals surface area contributed by atoms with Gasteiger partial charge in [0.05, 0.1) is 12.7 Å². The monoisotopic (exact) mass is 292 g/mol. The molecular weight excluding hydrogens is 279 g/mol. The summed E-state index contributed by atoms with van der Waals surface area (Å²) in [6.07, 6.45) is 0.110. The zero-order chi connectivity index (χ0) is 14.7. The van der Waals surface area contributed by atoms with Crippen molar-refractivity contribution in [2.45, 2.75) is 13.3 Å². The summed E-state index contributed by atoms with van der Waals surface area (Å²) in [5.41, 5.74) is 2.11. The maximum absolute atomic E-state index is 13.0. The molecule has 0 amide bonds. The van der Waals surface area contributed by atoms with Crippen molar-refractivity contribution in [2.75, 3.05) is 7.11 Å². The first kappa shape index (κ1) is 14.5. The number of benzene rings is 2. The fourth-order valence-electron chi connectivity index (χ4n) is 1.96. The van der Waals surface area contributed by atoms with Gasteiger partial charge >= 0.3 is 0 Å². The Labute approximate surface area is 122 Å². The molecule has 0 unspecified atom stereocenters. The van der Waals surface area contributed by atoms with Gasteiger partial charge in [-0.25, -0.2) is 4.39 Å². The zero-order valence-electron chi connectivity index (χ0n) is 11.2. The molecule has 0 aliphatic heterocycles. The predicted octanol–water partition coefficient (Wildman–Crippen LogP) is 4.22. The van der Waals surface area contributed by atoms with Gasteiger partial charge in [0.2, 0.25) is 0 Å². The van der Waals surface area contributed by atoms with E-state index in [9.17, 15) is 9.18 Å². The first-order chi connectivity index (χ1) is 9.51. The van der Waals surface area contributed by atoms with Crippen molar-refractivity contribution in [2.24, 2.45) is 0 Å². The molecule has 0 atom stereocenters. The molecule has 0 saturated carbocycles. The Kier molecular flexibility index (Phi) is 4.40. The largest absolute Gasteiger partial charge is 0.496 e. The molecular formula is C16H14ClFO2. The topological polar surface area (TPSA) is 26.3 Å². The zero-order valence-corrected chi connectivity index (χ0v) is 12.0. The molecule has 0 aromatic heterocycles. The summed E-state index contributed by atoms with van der Waals surface area (Å²) < 4.78 is 18.2. The number of halogens is 2. The first-order valence-corrected chi connectivity index (χ1v) is 6.51. The number of carbonyl (C=O) groups is 1. The van der Waals surface area contributed by atoms with Crippen LogP contribution in [0.15, 0.2) is 36.4 Å². The summed E-state index contributed by atoms with van der Waals surface area (Å²) in [5, 5.41) is 0.254. The van der Waals surface area contributed by atoms with Crippen LogP contribution in [0, 0.1) is 12.7 Å². The highest BCUT2D eigenvalue weighted by Gasteiger charge is 2.14. The number of carbonyl (C=O) groups excluding carboxylic acids is 1. The van der Waals surface area contributed by atoms with Crippen molar-refractivity contribution >= 4 is 17.4 Å². The number of hydrogen-bond donors (Lipinski definition) is 0. The predicted molar refractivity (Wildman–Crippen MR) is 77.2 cm³/mol. The summed E-state index contributed by atoms with van der Waals surface area (Å²) in [4.78, 5) is 12.3. The van der Waals surface area contributed by atoms with E-state index in [4.69, 9.17) is 16.3 Å². The van der Waals surface area contributed by atoms with E-state index in [1.807, 2.05) is 13.0 Å². The van der Waals surface area contributed by atoms with Crippen molar-refractivity contribution in [1.82, 2.24) is 0 Å². The fourth-order valence-corrected chi connectivity index (χ4v) is 2.20. The van der Waals surface area contributed by atoms with E-state index < -0.39 is 5.82 Å². The molecule has 0 bridgehead atoms. The maximum atomic E-state index is 13.0. The maximum Gasteiger partial charge on any atom is 0.171 e. The van der Waals surface area contributed by atoms with Gasteiger partial charge in [0.1, 0.15) is 11.6 Å². The summed E-state index contributed by atoms with van der Waals surface area (Å²) in [5.74, 6) is 0.00251. The lowest BCUT2D eigenvalue weighted by Gasteiger charge is -2.09. The Morgan fingerprint density at radius 3 is 2.65 bits per heavy atom. The minimum absolute atomic E-state index is 0.110. The van der Waals surface area contributed by atoms with Gasteiger partial charge in [-0.05, 0) is 42.3 Å². The summed E-state index contributed by atoms with van der Waals surface area (Å²) in [6, 6.07) is 9.41. The summed E-state index contributed by atoms with van der Waals surface area (Å²) >= 11 is 5.94. The second-order valence-corrected chi connectivity index (χ2v) is 4.95. The van der Waals surface area contributed by atoms with Gasteiger partial charge in [0.25, 0.3) is 0 Å². The SMILES string of the molecule is COc1cc(C)ccc1C(=O)Cc1ccc(F)cc1Cl. The van der Waals surface area contributed by atoms with Gasteiger partial charge in [-0.2, -0.15) is 0 Å². The number of Topliss-reactive ketones (excluding diaryl/α,β-unsaturated/α-hetero) is 1. The van der Waals surface area contributed by atoms with Crippen LogP contribution >= 0.6 is 11.6 Å². The van der Waals surface area contributed by atoms with Crippen LogP contribution in [0.4, 0.5) is 4.39 Å². The third-order valence-corrected chi connectivity index (χ3v) is 3.38. The Balaban J connectivity index is 2.28. The van der Waals surface area contributed by atoms with E-state index in [1.165, 1.54) is 25.3 Å². The third-order valence-electron chi connectivity index (χ3n) is 3.02. The molecule has 0 fully saturated rings. The lowest BCUT2D eigenvalue weighted by molar-refractivity contribution is 0.0990. The minimum atomic E-state index is -0.417. The molecule has 2 aromatic rings. The van der Waals surface area contributed by atoms with E-state index in [1.54, 1.807) is 12.1 Å². The number of aryl methyl sites for hydroxylation is 1. The smallest absolute Gasteiger partial charge is 0.171 e. The van der Waals surface area contributed by atoms with E-state index in [-0.39, 0.29) is 17.2 Å². The Morgan fingerprint density at radius 1 is 1.25 bits per heavy atom. The van der Waals surface area contributed by atoms with Crippen molar-refractivity contribution < 1.29 is 13.9 Å². The van der Waals surface area contributed by atoms with Crippen molar-refractivity contribution in [1.29, 1.82) is 0 Å². The molecule has 0 radical (unpaired) electrons. The molecule has 0 aliphatic carbocycles. The lowest BCUT2D eigenvalue weighted by atomic mass is 10.0. The normalized spacial score (nSPS) is 10.4. The highest BCUT2D eigenvalue weighted by Crippen LogP contribution is 2.24. The fraction of sp³-hybridized carbons (Fsp3) is 0.188. The number of methoxy groups -OCH3 is 1. The van der Waals surface area contributed by atoms with Crippen LogP contribution in [0.2, 0.25) is 5.02 Å². The highest BCUT2D eigenvalue weighted by molar-refractivity contribution is 6.31. The summed E-state index contributed by atoms with van der Waals surface area (Å²) in [7, 11) is 1.52. The Morgan fingerprint density at radius 2 is 2.00 bits per heavy atom. The van der Waals surface area contributed by atoms with Crippen LogP contribution in [-0.4, -0.2) is 12.9 Å². The number of rotatable bonds is 4. The van der Waals surface area contributed by atoms with Crippen molar-refractivity contribution in [3.05, 3.63) is 63.9 Å². The van der Waals surface area contributed by atoms with Crippen LogP contribution in [0.3, 0.4) is 0 Å². The second-order valence-electron chi connectivity index (χ2n) is 4.54. The van der Waals surface area contributed by atoms with Crippen LogP contribution in [-0.2, 0) is 6.42 Å². The van der Waals surface area contributed by atoms with Gasteiger partial charge in [-0.15, -0.1) is 0 Å². The van der Waals surface area contributed by atoms with Gasteiger partial charge in [-0.3, -0.25) is 4.79 Å². The van der Waals surface area contributed by atoms with E-state index in [0.717, 1.165) is 5.56 Å². The molecule has 2 rings (SSSR count). The molecule has 20 heavy (non-hydrogen) atoms. The van der Waals surface area contributed by atoms with Crippen LogP contribution in [0.1, 0.15) is 21.5 Å². The van der Waals surface area contributed by atoms with Crippen LogP contribution < -0.4 is 4.74 Å². The van der Waals surface area contributed by atoms with Crippen LogP contribution in [0.5, 0.6) is 5.75 Å². The van der Waals surface area contributed by atoms with Crippen molar-refractivity contribution in [3.63, 3.8) is 0 Å². The first-order valence-electron chi connectivity index (χ1n) is 6.13. The Hall–Kier alpha value is -1.87. The lowest BCUT2D eigenvalue weighted by Crippen LogP contribution is -2.06. The number of hydrogen-bond acceptors (Lipinski definition) is 2. The average molecular weight is 293 g/mol. The molecule has 0 N–H and O–H groups in total. The third kappa shape index (κ3) is 3.17. The van der Waals surface area contributed by atoms with Gasteiger partial charge < -0.3 is 4.74 Å². The summed E-state index contributed by atoms with van der Waals surface area (Å²) in [6.45, 7) is 1.92. The van der Waals surface area contributed by atoms with Crippen molar-refractivity contribution in [3.8, 4) is 5.75 Å². The van der Waals surface area contributed by atoms with Gasteiger partial charge in [0.15, 0.2) is 5.78 Å². The molecule has 4 heteroatoms. The highest BCUT2D eigenvalue weighted by atomic mass is 35.5. The molecule has 2 nitrogen and oxygen atoms in total.